The summed E-state index contributed by atoms with van der Waals surface area (Å²) in [6.45, 7) is 8.98. The normalized spacial score (nSPS) is 15.1. The highest BCUT2D eigenvalue weighted by molar-refractivity contribution is 6.83. The van der Waals surface area contributed by atoms with E-state index in [0.717, 1.165) is 18.0 Å². The van der Waals surface area contributed by atoms with Crippen molar-refractivity contribution in [3.63, 3.8) is 0 Å². The van der Waals surface area contributed by atoms with Crippen LogP contribution in [-0.2, 0) is 6.54 Å². The second-order valence-electron chi connectivity index (χ2n) is 6.27. The summed E-state index contributed by atoms with van der Waals surface area (Å²) in [5.41, 5.74) is 5.92. The molecule has 1 fully saturated rings. The van der Waals surface area contributed by atoms with Crippen molar-refractivity contribution in [1.82, 2.24) is 5.32 Å². The van der Waals surface area contributed by atoms with Crippen molar-refractivity contribution in [1.29, 1.82) is 0 Å². The molecule has 1 N–H and O–H groups in total. The molecule has 0 spiro atoms. The van der Waals surface area contributed by atoms with E-state index in [1.807, 2.05) is 0 Å². The Kier molecular flexibility index (Phi) is 4.26. The van der Waals surface area contributed by atoms with Gasteiger partial charge in [0.15, 0.2) is 0 Å². The first kappa shape index (κ1) is 13.4. The second kappa shape index (κ2) is 5.73. The summed E-state index contributed by atoms with van der Waals surface area (Å²) < 4.78 is 0. The number of benzene rings is 1. The molecule has 0 radical (unpaired) electrons. The maximum atomic E-state index is 3.52. The summed E-state index contributed by atoms with van der Waals surface area (Å²) in [6, 6.07) is 8.62. The molecule has 1 aromatic rings. The second-order valence-corrected chi connectivity index (χ2v) is 11.0. The van der Waals surface area contributed by atoms with Crippen molar-refractivity contribution in [3.05, 3.63) is 35.4 Å². The Bertz CT molecular complexity index is 458. The van der Waals surface area contributed by atoms with Gasteiger partial charge < -0.3 is 5.32 Å². The molecule has 0 bridgehead atoms. The van der Waals surface area contributed by atoms with Crippen molar-refractivity contribution in [2.24, 2.45) is 5.92 Å². The molecule has 1 aliphatic rings. The minimum Gasteiger partial charge on any atom is -0.312 e. The van der Waals surface area contributed by atoms with Gasteiger partial charge in [-0.05, 0) is 43.0 Å². The minimum absolute atomic E-state index is 0.944. The fraction of sp³-hybridized carbons (Fsp3) is 0.500. The SMILES string of the molecule is C[Si](C)(C)C#Cc1cccc(CNCC2CC2)c1. The van der Waals surface area contributed by atoms with Crippen LogP contribution in [0.4, 0.5) is 0 Å². The molecule has 2 rings (SSSR count). The van der Waals surface area contributed by atoms with Crippen LogP contribution < -0.4 is 5.32 Å². The van der Waals surface area contributed by atoms with E-state index >= 15 is 0 Å². The molecular formula is C16H23NSi. The van der Waals surface area contributed by atoms with Gasteiger partial charge in [-0.1, -0.05) is 37.7 Å². The van der Waals surface area contributed by atoms with Crippen LogP contribution in [0.3, 0.4) is 0 Å². The van der Waals surface area contributed by atoms with Crippen LogP contribution in [0.15, 0.2) is 24.3 Å². The lowest BCUT2D eigenvalue weighted by Gasteiger charge is -2.05. The summed E-state index contributed by atoms with van der Waals surface area (Å²) in [7, 11) is -1.27. The molecule has 0 heterocycles. The van der Waals surface area contributed by atoms with Gasteiger partial charge in [-0.15, -0.1) is 5.54 Å². The van der Waals surface area contributed by atoms with Crippen molar-refractivity contribution in [2.45, 2.75) is 39.0 Å². The maximum Gasteiger partial charge on any atom is 0.129 e. The van der Waals surface area contributed by atoms with Gasteiger partial charge in [0, 0.05) is 12.1 Å². The molecule has 18 heavy (non-hydrogen) atoms. The molecule has 2 heteroatoms. The molecule has 1 nitrogen and oxygen atoms in total. The van der Waals surface area contributed by atoms with E-state index in [2.05, 4.69) is 60.7 Å². The maximum absolute atomic E-state index is 3.52. The Labute approximate surface area is 112 Å². The Morgan fingerprint density at radius 2 is 2.06 bits per heavy atom. The van der Waals surface area contributed by atoms with E-state index in [0.29, 0.717) is 0 Å². The largest absolute Gasteiger partial charge is 0.312 e. The van der Waals surface area contributed by atoms with Gasteiger partial charge in [-0.3, -0.25) is 0 Å². The van der Waals surface area contributed by atoms with Crippen LogP contribution in [0.2, 0.25) is 19.6 Å². The fourth-order valence-electron chi connectivity index (χ4n) is 1.76. The van der Waals surface area contributed by atoms with Gasteiger partial charge in [0.05, 0.1) is 0 Å². The molecular weight excluding hydrogens is 234 g/mol. The van der Waals surface area contributed by atoms with E-state index in [9.17, 15) is 0 Å². The van der Waals surface area contributed by atoms with Crippen molar-refractivity contribution in [3.8, 4) is 11.5 Å². The monoisotopic (exact) mass is 257 g/mol. The lowest BCUT2D eigenvalue weighted by atomic mass is 10.1. The number of hydrogen-bond donors (Lipinski definition) is 1. The Balaban J connectivity index is 1.92. The van der Waals surface area contributed by atoms with Crippen LogP contribution in [0, 0.1) is 17.4 Å². The highest BCUT2D eigenvalue weighted by atomic mass is 28.3. The molecule has 0 saturated heterocycles. The summed E-state index contributed by atoms with van der Waals surface area (Å²) in [4.78, 5) is 0. The zero-order chi connectivity index (χ0) is 13.0. The smallest absolute Gasteiger partial charge is 0.129 e. The first-order valence-corrected chi connectivity index (χ1v) is 10.4. The lowest BCUT2D eigenvalue weighted by molar-refractivity contribution is 0.638. The average Bonchev–Trinajstić information content (AvgIpc) is 3.10. The highest BCUT2D eigenvalue weighted by Gasteiger charge is 2.19. The third-order valence-corrected chi connectivity index (χ3v) is 3.84. The zero-order valence-corrected chi connectivity index (χ0v) is 12.7. The third kappa shape index (κ3) is 5.08. The van der Waals surface area contributed by atoms with Crippen molar-refractivity contribution < 1.29 is 0 Å². The predicted octanol–water partition coefficient (Wildman–Crippen LogP) is 3.42. The summed E-state index contributed by atoms with van der Waals surface area (Å²) in [5, 5.41) is 3.52. The van der Waals surface area contributed by atoms with E-state index in [1.54, 1.807) is 0 Å². The average molecular weight is 257 g/mol. The van der Waals surface area contributed by atoms with Crippen LogP contribution >= 0.6 is 0 Å². The van der Waals surface area contributed by atoms with Crippen molar-refractivity contribution >= 4 is 8.07 Å². The number of nitrogens with one attached hydrogen (secondary N) is 1. The van der Waals surface area contributed by atoms with Gasteiger partial charge in [0.25, 0.3) is 0 Å². The van der Waals surface area contributed by atoms with Crippen LogP contribution in [0.25, 0.3) is 0 Å². The topological polar surface area (TPSA) is 12.0 Å². The predicted molar refractivity (Wildman–Crippen MR) is 81.1 cm³/mol. The molecule has 0 amide bonds. The third-order valence-electron chi connectivity index (χ3n) is 2.97. The molecule has 0 atom stereocenters. The van der Waals surface area contributed by atoms with Crippen LogP contribution in [-0.4, -0.2) is 14.6 Å². The fourth-order valence-corrected chi connectivity index (χ4v) is 2.28. The molecule has 1 saturated carbocycles. The Hall–Kier alpha value is -1.04. The molecule has 1 aliphatic carbocycles. The molecule has 96 valence electrons. The van der Waals surface area contributed by atoms with Crippen LogP contribution in [0.5, 0.6) is 0 Å². The minimum atomic E-state index is -1.27. The van der Waals surface area contributed by atoms with Gasteiger partial charge in [-0.2, -0.15) is 0 Å². The number of rotatable bonds is 4. The zero-order valence-electron chi connectivity index (χ0n) is 11.7. The van der Waals surface area contributed by atoms with Gasteiger partial charge >= 0.3 is 0 Å². The summed E-state index contributed by atoms with van der Waals surface area (Å²) >= 11 is 0. The van der Waals surface area contributed by atoms with E-state index in [1.165, 1.54) is 24.9 Å². The Morgan fingerprint density at radius 3 is 2.72 bits per heavy atom. The van der Waals surface area contributed by atoms with E-state index in [4.69, 9.17) is 0 Å². The van der Waals surface area contributed by atoms with E-state index in [-0.39, 0.29) is 0 Å². The van der Waals surface area contributed by atoms with Crippen LogP contribution in [0.1, 0.15) is 24.0 Å². The Morgan fingerprint density at radius 1 is 1.28 bits per heavy atom. The first-order valence-electron chi connectivity index (χ1n) is 6.86. The molecule has 0 aromatic heterocycles. The highest BCUT2D eigenvalue weighted by Crippen LogP contribution is 2.27. The van der Waals surface area contributed by atoms with Gasteiger partial charge in [0.2, 0.25) is 0 Å². The standard InChI is InChI=1S/C16H23NSi/c1-18(2,3)10-9-14-5-4-6-16(11-14)13-17-12-15-7-8-15/h4-6,11,15,17H,7-8,12-13H2,1-3H3. The number of hydrogen-bond acceptors (Lipinski definition) is 1. The van der Waals surface area contributed by atoms with E-state index < -0.39 is 8.07 Å². The molecule has 0 unspecified atom stereocenters. The summed E-state index contributed by atoms with van der Waals surface area (Å²) in [5.74, 6) is 4.26. The molecule has 0 aliphatic heterocycles. The molecule has 1 aromatic carbocycles. The quantitative estimate of drug-likeness (QED) is 0.644. The van der Waals surface area contributed by atoms with Gasteiger partial charge in [-0.25, -0.2) is 0 Å². The lowest BCUT2D eigenvalue weighted by Crippen LogP contribution is -2.16. The first-order chi connectivity index (χ1) is 8.53. The summed E-state index contributed by atoms with van der Waals surface area (Å²) in [6.07, 6.45) is 2.82. The van der Waals surface area contributed by atoms with Crippen molar-refractivity contribution in [2.75, 3.05) is 6.54 Å². The van der Waals surface area contributed by atoms with Gasteiger partial charge in [0.1, 0.15) is 8.07 Å².